The van der Waals surface area contributed by atoms with E-state index in [1.807, 2.05) is 24.3 Å². The smallest absolute Gasteiger partial charge is 0.411 e. The maximum absolute atomic E-state index is 12.2. The Morgan fingerprint density at radius 3 is 2.23 bits per heavy atom. The van der Waals surface area contributed by atoms with E-state index in [4.69, 9.17) is 4.74 Å². The van der Waals surface area contributed by atoms with Crippen molar-refractivity contribution in [1.82, 2.24) is 4.90 Å². The number of hydrogen-bond acceptors (Lipinski definition) is 3. The molecule has 1 aromatic carbocycles. The predicted molar refractivity (Wildman–Crippen MR) is 92.9 cm³/mol. The summed E-state index contributed by atoms with van der Waals surface area (Å²) in [6.45, 7) is 7.29. The molecule has 0 aliphatic heterocycles. The Morgan fingerprint density at radius 2 is 1.82 bits per heavy atom. The van der Waals surface area contributed by atoms with E-state index in [1.165, 1.54) is 4.90 Å². The van der Waals surface area contributed by atoms with E-state index in [-0.39, 0.29) is 13.0 Å². The van der Waals surface area contributed by atoms with Gasteiger partial charge >= 0.3 is 12.1 Å². The molecule has 1 amide bonds. The molecule has 1 atom stereocenters. The van der Waals surface area contributed by atoms with Crippen molar-refractivity contribution >= 4 is 34.7 Å². The number of carbonyl (C=O) groups is 2. The average molecular weight is 419 g/mol. The van der Waals surface area contributed by atoms with Crippen molar-refractivity contribution in [3.8, 4) is 0 Å². The van der Waals surface area contributed by atoms with Gasteiger partial charge in [-0.15, -0.1) is 0 Å². The zero-order chi connectivity index (χ0) is 16.9. The first-order chi connectivity index (χ1) is 10.1. The minimum absolute atomic E-state index is 0.249. The number of halogens is 1. The van der Waals surface area contributed by atoms with E-state index in [1.54, 1.807) is 27.7 Å². The lowest BCUT2D eigenvalue weighted by Crippen LogP contribution is -2.48. The van der Waals surface area contributed by atoms with Crippen LogP contribution in [0.15, 0.2) is 24.3 Å². The summed E-state index contributed by atoms with van der Waals surface area (Å²) < 4.78 is 6.38. The van der Waals surface area contributed by atoms with Gasteiger partial charge in [-0.3, -0.25) is 4.90 Å². The summed E-state index contributed by atoms with van der Waals surface area (Å²) in [5.41, 5.74) is 0.214. The van der Waals surface area contributed by atoms with Crippen LogP contribution in [0.4, 0.5) is 4.79 Å². The summed E-state index contributed by atoms with van der Waals surface area (Å²) in [6.07, 6.45) is -0.354. The molecule has 122 valence electrons. The van der Waals surface area contributed by atoms with Crippen molar-refractivity contribution in [2.45, 2.75) is 45.8 Å². The molecule has 0 saturated carbocycles. The molecule has 1 aromatic rings. The molecule has 0 fully saturated rings. The standard InChI is InChI=1S/C16H22INO4/c1-5-18(15(21)22-16(2,3)4)13(14(19)20)10-11-6-8-12(17)9-7-11/h6-9,13H,5,10H2,1-4H3,(H,19,20)/t13-/m1/s1. The first kappa shape index (κ1) is 18.7. The molecule has 0 unspecified atom stereocenters. The van der Waals surface area contributed by atoms with Gasteiger partial charge in [0.05, 0.1) is 0 Å². The third-order valence-electron chi connectivity index (χ3n) is 2.97. The molecule has 6 heteroatoms. The van der Waals surface area contributed by atoms with Gasteiger partial charge in [0.2, 0.25) is 0 Å². The number of ether oxygens (including phenoxy) is 1. The van der Waals surface area contributed by atoms with Gasteiger partial charge < -0.3 is 9.84 Å². The second-order valence-corrected chi connectivity index (χ2v) is 7.20. The molecule has 0 aliphatic carbocycles. The predicted octanol–water partition coefficient (Wildman–Crippen LogP) is 3.54. The van der Waals surface area contributed by atoms with Crippen LogP contribution in [0.2, 0.25) is 0 Å². The summed E-state index contributed by atoms with van der Waals surface area (Å²) >= 11 is 2.19. The van der Waals surface area contributed by atoms with Gasteiger partial charge in [0.1, 0.15) is 11.6 Å². The van der Waals surface area contributed by atoms with Crippen LogP contribution < -0.4 is 0 Å². The lowest BCUT2D eigenvalue weighted by Gasteiger charge is -2.30. The molecule has 0 aromatic heterocycles. The fourth-order valence-corrected chi connectivity index (χ4v) is 2.33. The Hall–Kier alpha value is -1.31. The van der Waals surface area contributed by atoms with Crippen molar-refractivity contribution in [3.05, 3.63) is 33.4 Å². The number of hydrogen-bond donors (Lipinski definition) is 1. The first-order valence-corrected chi connectivity index (χ1v) is 8.18. The average Bonchev–Trinajstić information content (AvgIpc) is 2.38. The van der Waals surface area contributed by atoms with E-state index in [2.05, 4.69) is 22.6 Å². The van der Waals surface area contributed by atoms with Crippen LogP contribution in [-0.4, -0.2) is 40.3 Å². The van der Waals surface area contributed by atoms with Crippen molar-refractivity contribution in [3.63, 3.8) is 0 Å². The zero-order valence-corrected chi connectivity index (χ0v) is 15.5. The quantitative estimate of drug-likeness (QED) is 0.742. The normalized spacial score (nSPS) is 12.6. The molecule has 5 nitrogen and oxygen atoms in total. The Balaban J connectivity index is 2.93. The molecule has 1 rings (SSSR count). The first-order valence-electron chi connectivity index (χ1n) is 7.11. The minimum Gasteiger partial charge on any atom is -0.480 e. The summed E-state index contributed by atoms with van der Waals surface area (Å²) in [6, 6.07) is 6.64. The van der Waals surface area contributed by atoms with E-state index in [9.17, 15) is 14.7 Å². The second kappa shape index (κ2) is 7.80. The maximum atomic E-state index is 12.2. The third kappa shape index (κ3) is 5.82. The maximum Gasteiger partial charge on any atom is 0.411 e. The van der Waals surface area contributed by atoms with E-state index < -0.39 is 23.7 Å². The van der Waals surface area contributed by atoms with Crippen molar-refractivity contribution in [2.75, 3.05) is 6.54 Å². The van der Waals surface area contributed by atoms with Gasteiger partial charge in [0, 0.05) is 16.5 Å². The summed E-state index contributed by atoms with van der Waals surface area (Å²) in [5.74, 6) is -1.04. The Morgan fingerprint density at radius 1 is 1.27 bits per heavy atom. The van der Waals surface area contributed by atoms with Gasteiger partial charge in [-0.25, -0.2) is 9.59 Å². The number of aliphatic carboxylic acids is 1. The summed E-state index contributed by atoms with van der Waals surface area (Å²) in [7, 11) is 0. The topological polar surface area (TPSA) is 66.8 Å². The van der Waals surface area contributed by atoms with Gasteiger partial charge in [-0.2, -0.15) is 0 Å². The van der Waals surface area contributed by atoms with Crippen molar-refractivity contribution < 1.29 is 19.4 Å². The number of likely N-dealkylation sites (N-methyl/N-ethyl adjacent to an activating group) is 1. The Labute approximate surface area is 144 Å². The number of benzene rings is 1. The fraction of sp³-hybridized carbons (Fsp3) is 0.500. The van der Waals surface area contributed by atoms with Crippen LogP contribution >= 0.6 is 22.6 Å². The lowest BCUT2D eigenvalue weighted by molar-refractivity contribution is -0.143. The summed E-state index contributed by atoms with van der Waals surface area (Å²) in [5, 5.41) is 9.49. The van der Waals surface area contributed by atoms with Crippen molar-refractivity contribution in [1.29, 1.82) is 0 Å². The number of carboxylic acid groups (broad SMARTS) is 1. The number of carbonyl (C=O) groups excluding carboxylic acids is 1. The highest BCUT2D eigenvalue weighted by atomic mass is 127. The molecule has 0 saturated heterocycles. The molecular weight excluding hydrogens is 397 g/mol. The molecule has 22 heavy (non-hydrogen) atoms. The van der Waals surface area contributed by atoms with Crippen LogP contribution in [0.3, 0.4) is 0 Å². The number of carboxylic acids is 1. The number of amides is 1. The van der Waals surface area contributed by atoms with Gasteiger partial charge in [-0.1, -0.05) is 12.1 Å². The highest BCUT2D eigenvalue weighted by Gasteiger charge is 2.31. The van der Waals surface area contributed by atoms with Crippen molar-refractivity contribution in [2.24, 2.45) is 0 Å². The second-order valence-electron chi connectivity index (χ2n) is 5.95. The number of nitrogens with zero attached hydrogens (tertiary/aromatic N) is 1. The zero-order valence-electron chi connectivity index (χ0n) is 13.3. The Kier molecular flexibility index (Phi) is 6.65. The van der Waals surface area contributed by atoms with E-state index in [0.717, 1.165) is 9.13 Å². The lowest BCUT2D eigenvalue weighted by atomic mass is 10.0. The van der Waals surface area contributed by atoms with Crippen LogP contribution in [0.1, 0.15) is 33.3 Å². The molecule has 1 N–H and O–H groups in total. The molecule has 0 heterocycles. The van der Waals surface area contributed by atoms with Crippen LogP contribution in [0.25, 0.3) is 0 Å². The van der Waals surface area contributed by atoms with Crippen LogP contribution in [0, 0.1) is 3.57 Å². The van der Waals surface area contributed by atoms with Gasteiger partial charge in [-0.05, 0) is 68.0 Å². The minimum atomic E-state index is -1.04. The molecular formula is C16H22INO4. The molecule has 0 bridgehead atoms. The fourth-order valence-electron chi connectivity index (χ4n) is 1.97. The van der Waals surface area contributed by atoms with Crippen LogP contribution in [-0.2, 0) is 16.0 Å². The number of rotatable bonds is 5. The van der Waals surface area contributed by atoms with Gasteiger partial charge in [0.15, 0.2) is 0 Å². The third-order valence-corrected chi connectivity index (χ3v) is 3.69. The van der Waals surface area contributed by atoms with Crippen LogP contribution in [0.5, 0.6) is 0 Å². The largest absolute Gasteiger partial charge is 0.480 e. The summed E-state index contributed by atoms with van der Waals surface area (Å²) in [4.78, 5) is 25.1. The monoisotopic (exact) mass is 419 g/mol. The SMILES string of the molecule is CCN(C(=O)OC(C)(C)C)[C@H](Cc1ccc(I)cc1)C(=O)O. The Bertz CT molecular complexity index is 522. The highest BCUT2D eigenvalue weighted by molar-refractivity contribution is 14.1. The molecule has 0 radical (unpaired) electrons. The highest BCUT2D eigenvalue weighted by Crippen LogP contribution is 2.16. The van der Waals surface area contributed by atoms with E-state index in [0.29, 0.717) is 0 Å². The molecule has 0 aliphatic rings. The molecule has 0 spiro atoms. The van der Waals surface area contributed by atoms with Gasteiger partial charge in [0.25, 0.3) is 0 Å². The van der Waals surface area contributed by atoms with E-state index >= 15 is 0 Å².